The molecule has 49 heavy (non-hydrogen) atoms. The fourth-order valence-corrected chi connectivity index (χ4v) is 7.26. The van der Waals surface area contributed by atoms with Crippen LogP contribution in [0.25, 0.3) is 11.0 Å². The number of phenols is 1. The Bertz CT molecular complexity index is 2400. The highest BCUT2D eigenvalue weighted by molar-refractivity contribution is 6.23. The van der Waals surface area contributed by atoms with Gasteiger partial charge >= 0.3 is 11.4 Å². The summed E-state index contributed by atoms with van der Waals surface area (Å²) in [6, 6.07) is 7.08. The third-order valence-electron chi connectivity index (χ3n) is 9.66. The van der Waals surface area contributed by atoms with Gasteiger partial charge < -0.3 is 23.9 Å². The van der Waals surface area contributed by atoms with E-state index in [4.69, 9.17) is 14.2 Å². The van der Waals surface area contributed by atoms with Crippen LogP contribution in [-0.4, -0.2) is 61.5 Å². The number of aryl methyl sites for hydroxylation is 2. The number of ketones is 2. The van der Waals surface area contributed by atoms with Gasteiger partial charge in [-0.2, -0.15) is 0 Å². The second kappa shape index (κ2) is 11.6. The van der Waals surface area contributed by atoms with Gasteiger partial charge in [-0.3, -0.25) is 14.4 Å². The molecule has 0 radical (unpaired) electrons. The number of carbonyl (C=O) groups excluding carboxylic acids is 2. The fraction of sp³-hybridized carbons (Fsp3) is 0.314. The molecule has 0 fully saturated rings. The Morgan fingerprint density at radius 3 is 2.37 bits per heavy atom. The molecule has 252 valence electrons. The summed E-state index contributed by atoms with van der Waals surface area (Å²) < 4.78 is 21.5. The maximum atomic E-state index is 14.1. The summed E-state index contributed by atoms with van der Waals surface area (Å²) >= 11 is 0. The number of fused-ring (bicyclic) bond motifs is 4. The van der Waals surface area contributed by atoms with E-state index in [9.17, 15) is 29.1 Å². The number of carbonyl (C=O) groups is 2. The fourth-order valence-electron chi connectivity index (χ4n) is 7.26. The maximum Gasteiger partial charge on any atom is 0.347 e. The van der Waals surface area contributed by atoms with E-state index in [2.05, 4.69) is 4.98 Å². The van der Waals surface area contributed by atoms with E-state index in [0.717, 1.165) is 4.57 Å². The van der Waals surface area contributed by atoms with Crippen molar-refractivity contribution in [1.82, 2.24) is 23.5 Å². The van der Waals surface area contributed by atoms with Gasteiger partial charge in [-0.25, -0.2) is 28.5 Å². The number of nitrogens with zero attached hydrogens (tertiary/aromatic N) is 5. The number of hydrogen-bond donors (Lipinski definition) is 1. The van der Waals surface area contributed by atoms with E-state index in [0.29, 0.717) is 50.6 Å². The normalized spacial score (nSPS) is 18.5. The third-order valence-corrected chi connectivity index (χ3v) is 9.66. The van der Waals surface area contributed by atoms with Gasteiger partial charge in [0.15, 0.2) is 23.1 Å². The second-order valence-corrected chi connectivity index (χ2v) is 12.2. The minimum absolute atomic E-state index is 0.0131. The van der Waals surface area contributed by atoms with E-state index in [-0.39, 0.29) is 60.1 Å². The highest BCUT2D eigenvalue weighted by Gasteiger charge is 2.45. The lowest BCUT2D eigenvalue weighted by Crippen LogP contribution is -2.41. The molecule has 14 heteroatoms. The summed E-state index contributed by atoms with van der Waals surface area (Å²) in [5, 5.41) is 10.2. The van der Waals surface area contributed by atoms with Crippen molar-refractivity contribution in [2.75, 3.05) is 21.3 Å². The molecule has 1 aliphatic heterocycles. The number of Topliss-reactive ketones (excluding diaryl/α,β-unsaturated/α-hetero) is 1. The van der Waals surface area contributed by atoms with Crippen LogP contribution in [-0.2, 0) is 36.1 Å². The molecule has 4 aromatic rings. The molecule has 3 heterocycles. The topological polar surface area (TPSA) is 166 Å². The number of ether oxygens (including phenoxy) is 3. The number of hydrogen-bond acceptors (Lipinski definition) is 10. The van der Waals surface area contributed by atoms with Crippen LogP contribution in [0.3, 0.4) is 0 Å². The van der Waals surface area contributed by atoms with Gasteiger partial charge in [0.1, 0.15) is 17.2 Å². The first kappa shape index (κ1) is 31.7. The van der Waals surface area contributed by atoms with E-state index < -0.39 is 23.3 Å². The SMILES string of the molecule is COc1cc2nc(CCn3c(=O)n4n(c3=O)[C@@H]3CC5=C(C(=O)C(C)=CC5=O)[C@@H](c5ccc(O)cc5OC)C3=CC4)c(=O)n(C)c2cc1OC. The monoisotopic (exact) mass is 667 g/mol. The van der Waals surface area contributed by atoms with Crippen LogP contribution < -0.4 is 31.1 Å². The van der Waals surface area contributed by atoms with Crippen LogP contribution >= 0.6 is 0 Å². The van der Waals surface area contributed by atoms with Crippen molar-refractivity contribution in [3.8, 4) is 23.0 Å². The Kier molecular flexibility index (Phi) is 7.53. The zero-order valence-electron chi connectivity index (χ0n) is 27.5. The predicted molar refractivity (Wildman–Crippen MR) is 177 cm³/mol. The van der Waals surface area contributed by atoms with Crippen LogP contribution in [0.1, 0.15) is 36.6 Å². The Hall–Kier alpha value is -5.92. The van der Waals surface area contributed by atoms with Crippen molar-refractivity contribution in [1.29, 1.82) is 0 Å². The molecule has 0 spiro atoms. The standard InChI is InChI=1S/C35H33N5O9/c1-17-12-26(42)21-14-24-19(30(31(21)32(17)43)20-7-6-18(41)13-27(20)47-3)8-11-39-34(45)38(35(46)40(24)39)10-9-22-33(44)37(2)25-16-29(49-5)28(48-4)15-23(25)36-22/h6-8,12-13,15-16,24,30,41H,9-11,14H2,1-5H3/t24-,30-/m1/s1. The van der Waals surface area contributed by atoms with Crippen molar-refractivity contribution >= 4 is 22.6 Å². The quantitative estimate of drug-likeness (QED) is 0.228. The Morgan fingerprint density at radius 2 is 1.65 bits per heavy atom. The molecule has 1 N–H and O–H groups in total. The summed E-state index contributed by atoms with van der Waals surface area (Å²) in [6.45, 7) is 1.49. The van der Waals surface area contributed by atoms with Gasteiger partial charge in [-0.1, -0.05) is 12.1 Å². The summed E-state index contributed by atoms with van der Waals surface area (Å²) in [5.74, 6) is -0.269. The van der Waals surface area contributed by atoms with Crippen molar-refractivity contribution < 1.29 is 28.9 Å². The van der Waals surface area contributed by atoms with Gasteiger partial charge in [0.25, 0.3) is 5.56 Å². The average molecular weight is 668 g/mol. The first-order valence-corrected chi connectivity index (χ1v) is 15.6. The molecule has 2 aliphatic carbocycles. The lowest BCUT2D eigenvalue weighted by Gasteiger charge is -2.40. The number of phenolic OH excluding ortho intramolecular Hbond substituents is 1. The van der Waals surface area contributed by atoms with Crippen LogP contribution in [0.5, 0.6) is 23.0 Å². The zero-order chi connectivity index (χ0) is 34.9. The summed E-state index contributed by atoms with van der Waals surface area (Å²) in [5.41, 5.74) is 1.62. The number of allylic oxidation sites excluding steroid dienone is 6. The molecule has 0 unspecified atom stereocenters. The molecule has 2 atom stereocenters. The lowest BCUT2D eigenvalue weighted by molar-refractivity contribution is -0.116. The largest absolute Gasteiger partial charge is 0.508 e. The number of rotatable bonds is 7. The van der Waals surface area contributed by atoms with E-state index >= 15 is 0 Å². The molecule has 7 rings (SSSR count). The predicted octanol–water partition coefficient (Wildman–Crippen LogP) is 2.10. The highest BCUT2D eigenvalue weighted by atomic mass is 16.5. The smallest absolute Gasteiger partial charge is 0.347 e. The van der Waals surface area contributed by atoms with E-state index in [1.165, 1.54) is 53.5 Å². The van der Waals surface area contributed by atoms with E-state index in [1.807, 2.05) is 6.08 Å². The third kappa shape index (κ3) is 4.77. The summed E-state index contributed by atoms with van der Waals surface area (Å²) in [6.07, 6.45) is 3.12. The molecule has 0 amide bonds. The Labute approximate surface area is 278 Å². The molecular formula is C35H33N5O9. The number of aromatic hydroxyl groups is 1. The van der Waals surface area contributed by atoms with Crippen molar-refractivity contribution in [2.45, 2.75) is 44.8 Å². The molecule has 0 saturated heterocycles. The second-order valence-electron chi connectivity index (χ2n) is 12.2. The molecule has 14 nitrogen and oxygen atoms in total. The first-order valence-electron chi connectivity index (χ1n) is 15.6. The molecule has 2 aromatic carbocycles. The highest BCUT2D eigenvalue weighted by Crippen LogP contribution is 2.51. The molecular weight excluding hydrogens is 634 g/mol. The number of benzene rings is 2. The summed E-state index contributed by atoms with van der Waals surface area (Å²) in [4.78, 5) is 72.8. The molecule has 0 bridgehead atoms. The van der Waals surface area contributed by atoms with Crippen molar-refractivity contribution in [2.24, 2.45) is 7.05 Å². The van der Waals surface area contributed by atoms with Gasteiger partial charge in [-0.15, -0.1) is 0 Å². The first-order chi connectivity index (χ1) is 23.5. The Balaban J connectivity index is 1.30. The van der Waals surface area contributed by atoms with Gasteiger partial charge in [0.05, 0.1) is 44.9 Å². The van der Waals surface area contributed by atoms with Crippen LogP contribution in [0.2, 0.25) is 0 Å². The maximum absolute atomic E-state index is 14.1. The van der Waals surface area contributed by atoms with E-state index in [1.54, 1.807) is 32.2 Å². The van der Waals surface area contributed by atoms with Gasteiger partial charge in [0, 0.05) is 72.8 Å². The minimum Gasteiger partial charge on any atom is -0.508 e. The molecule has 3 aliphatic rings. The van der Waals surface area contributed by atoms with Crippen molar-refractivity contribution in [3.63, 3.8) is 0 Å². The van der Waals surface area contributed by atoms with Gasteiger partial charge in [-0.05, 0) is 24.6 Å². The van der Waals surface area contributed by atoms with Crippen LogP contribution in [0, 0.1) is 0 Å². The van der Waals surface area contributed by atoms with Crippen LogP contribution in [0.4, 0.5) is 0 Å². The minimum atomic E-state index is -0.774. The van der Waals surface area contributed by atoms with Crippen molar-refractivity contribution in [3.05, 3.63) is 107 Å². The average Bonchev–Trinajstić information content (AvgIpc) is 3.35. The number of methoxy groups -OCH3 is 3. The zero-order valence-corrected chi connectivity index (χ0v) is 27.5. The molecule has 2 aromatic heterocycles. The molecule has 0 saturated carbocycles. The lowest BCUT2D eigenvalue weighted by atomic mass is 9.67. The van der Waals surface area contributed by atoms with Crippen LogP contribution in [0.15, 0.2) is 79.2 Å². The summed E-state index contributed by atoms with van der Waals surface area (Å²) in [7, 11) is 6.03. The van der Waals surface area contributed by atoms with Gasteiger partial charge in [0.2, 0.25) is 0 Å². The number of aromatic nitrogens is 5. The Morgan fingerprint density at radius 1 is 0.939 bits per heavy atom.